The summed E-state index contributed by atoms with van der Waals surface area (Å²) in [5.41, 5.74) is 7.04. The summed E-state index contributed by atoms with van der Waals surface area (Å²) in [6.45, 7) is 3.79. The van der Waals surface area contributed by atoms with E-state index in [0.29, 0.717) is 29.4 Å². The number of aromatic nitrogens is 2. The Labute approximate surface area is 122 Å². The first-order valence-electron chi connectivity index (χ1n) is 6.64. The molecule has 2 rings (SSSR count). The molecule has 0 aliphatic rings. The van der Waals surface area contributed by atoms with E-state index in [1.165, 1.54) is 18.2 Å². The van der Waals surface area contributed by atoms with Crippen LogP contribution >= 0.6 is 0 Å². The number of benzene rings is 1. The van der Waals surface area contributed by atoms with Crippen molar-refractivity contribution in [1.29, 1.82) is 5.26 Å². The molecule has 0 spiro atoms. The average molecular weight is 285 g/mol. The number of nitrogens with one attached hydrogen (secondary N) is 1. The van der Waals surface area contributed by atoms with Gasteiger partial charge in [-0.2, -0.15) is 5.26 Å². The summed E-state index contributed by atoms with van der Waals surface area (Å²) < 4.78 is 13.9. The SMILES string of the molecule is CCCc1nc(N)c(C)c(Nc2ccc(C#N)cc2F)n1. The molecule has 2 aromatic rings. The van der Waals surface area contributed by atoms with Crippen molar-refractivity contribution in [2.75, 3.05) is 11.1 Å². The van der Waals surface area contributed by atoms with E-state index < -0.39 is 5.82 Å². The second-order valence-corrected chi connectivity index (χ2v) is 4.68. The maximum Gasteiger partial charge on any atom is 0.147 e. The highest BCUT2D eigenvalue weighted by Crippen LogP contribution is 2.24. The molecule has 0 atom stereocenters. The number of hydrogen-bond acceptors (Lipinski definition) is 5. The van der Waals surface area contributed by atoms with Gasteiger partial charge in [0.15, 0.2) is 0 Å². The van der Waals surface area contributed by atoms with E-state index in [0.717, 1.165) is 6.42 Å². The molecule has 0 aliphatic heterocycles. The van der Waals surface area contributed by atoms with E-state index in [4.69, 9.17) is 11.0 Å². The number of anilines is 3. The van der Waals surface area contributed by atoms with Crippen molar-refractivity contribution in [2.45, 2.75) is 26.7 Å². The van der Waals surface area contributed by atoms with Crippen LogP contribution in [0.15, 0.2) is 18.2 Å². The Balaban J connectivity index is 2.37. The zero-order valence-electron chi connectivity index (χ0n) is 11.9. The Bertz CT molecular complexity index is 706. The summed E-state index contributed by atoms with van der Waals surface area (Å²) >= 11 is 0. The predicted molar refractivity (Wildman–Crippen MR) is 79.6 cm³/mol. The van der Waals surface area contributed by atoms with Gasteiger partial charge < -0.3 is 11.1 Å². The first-order chi connectivity index (χ1) is 10.0. The number of nitriles is 1. The summed E-state index contributed by atoms with van der Waals surface area (Å²) in [6, 6.07) is 6.11. The van der Waals surface area contributed by atoms with E-state index >= 15 is 0 Å². The summed E-state index contributed by atoms with van der Waals surface area (Å²) in [4.78, 5) is 8.57. The molecule has 3 N–H and O–H groups in total. The van der Waals surface area contributed by atoms with Crippen molar-refractivity contribution in [3.8, 4) is 6.07 Å². The Morgan fingerprint density at radius 3 is 2.76 bits per heavy atom. The van der Waals surface area contributed by atoms with Crippen molar-refractivity contribution >= 4 is 17.3 Å². The number of nitrogens with two attached hydrogens (primary N) is 1. The standard InChI is InChI=1S/C15H16FN5/c1-3-4-13-20-14(18)9(2)15(21-13)19-12-6-5-10(8-17)7-11(12)16/h5-7H,3-4H2,1-2H3,(H3,18,19,20,21). The maximum absolute atomic E-state index is 13.9. The van der Waals surface area contributed by atoms with Crippen molar-refractivity contribution in [3.63, 3.8) is 0 Å². The second-order valence-electron chi connectivity index (χ2n) is 4.68. The lowest BCUT2D eigenvalue weighted by atomic mass is 10.2. The van der Waals surface area contributed by atoms with Gasteiger partial charge in [-0.25, -0.2) is 14.4 Å². The Morgan fingerprint density at radius 1 is 1.38 bits per heavy atom. The van der Waals surface area contributed by atoms with Crippen molar-refractivity contribution in [3.05, 3.63) is 41.0 Å². The van der Waals surface area contributed by atoms with Crippen LogP contribution in [0.25, 0.3) is 0 Å². The Morgan fingerprint density at radius 2 is 2.14 bits per heavy atom. The largest absolute Gasteiger partial charge is 0.383 e. The average Bonchev–Trinajstić information content (AvgIpc) is 2.46. The van der Waals surface area contributed by atoms with Crippen molar-refractivity contribution in [1.82, 2.24) is 9.97 Å². The molecule has 6 heteroatoms. The molecule has 21 heavy (non-hydrogen) atoms. The molecule has 5 nitrogen and oxygen atoms in total. The molecule has 0 radical (unpaired) electrons. The molecule has 0 saturated carbocycles. The van der Waals surface area contributed by atoms with Gasteiger partial charge in [-0.3, -0.25) is 0 Å². The van der Waals surface area contributed by atoms with Crippen LogP contribution in [0.4, 0.5) is 21.7 Å². The highest BCUT2D eigenvalue weighted by molar-refractivity contribution is 5.64. The summed E-state index contributed by atoms with van der Waals surface area (Å²) in [5.74, 6) is 0.972. The van der Waals surface area contributed by atoms with E-state index in [-0.39, 0.29) is 11.3 Å². The topological polar surface area (TPSA) is 87.6 Å². The van der Waals surface area contributed by atoms with Crippen LogP contribution in [0, 0.1) is 24.1 Å². The van der Waals surface area contributed by atoms with E-state index in [1.807, 2.05) is 13.0 Å². The van der Waals surface area contributed by atoms with Crippen LogP contribution < -0.4 is 11.1 Å². The normalized spacial score (nSPS) is 10.2. The lowest BCUT2D eigenvalue weighted by Crippen LogP contribution is -2.07. The molecule has 0 fully saturated rings. The first-order valence-corrected chi connectivity index (χ1v) is 6.64. The zero-order chi connectivity index (χ0) is 15.4. The smallest absolute Gasteiger partial charge is 0.147 e. The highest BCUT2D eigenvalue weighted by atomic mass is 19.1. The fraction of sp³-hybridized carbons (Fsp3) is 0.267. The summed E-state index contributed by atoms with van der Waals surface area (Å²) in [6.07, 6.45) is 1.60. The number of nitrogens with zero attached hydrogens (tertiary/aromatic N) is 3. The monoisotopic (exact) mass is 285 g/mol. The third-order valence-electron chi connectivity index (χ3n) is 3.05. The number of hydrogen-bond donors (Lipinski definition) is 2. The van der Waals surface area contributed by atoms with Gasteiger partial charge in [0, 0.05) is 12.0 Å². The molecule has 1 heterocycles. The Hall–Kier alpha value is -2.68. The third kappa shape index (κ3) is 3.26. The quantitative estimate of drug-likeness (QED) is 0.901. The lowest BCUT2D eigenvalue weighted by Gasteiger charge is -2.12. The molecule has 0 unspecified atom stereocenters. The molecule has 0 amide bonds. The third-order valence-corrected chi connectivity index (χ3v) is 3.05. The lowest BCUT2D eigenvalue weighted by molar-refractivity contribution is 0.631. The fourth-order valence-corrected chi connectivity index (χ4v) is 1.85. The van der Waals surface area contributed by atoms with Crippen LogP contribution in [-0.2, 0) is 6.42 Å². The van der Waals surface area contributed by atoms with Gasteiger partial charge in [0.25, 0.3) is 0 Å². The van der Waals surface area contributed by atoms with Crippen LogP contribution in [0.3, 0.4) is 0 Å². The van der Waals surface area contributed by atoms with Gasteiger partial charge in [-0.15, -0.1) is 0 Å². The van der Waals surface area contributed by atoms with Crippen LogP contribution in [-0.4, -0.2) is 9.97 Å². The zero-order valence-corrected chi connectivity index (χ0v) is 11.9. The molecular weight excluding hydrogens is 269 g/mol. The molecule has 0 bridgehead atoms. The molecule has 0 saturated heterocycles. The van der Waals surface area contributed by atoms with Gasteiger partial charge in [-0.1, -0.05) is 6.92 Å². The van der Waals surface area contributed by atoms with E-state index in [1.54, 1.807) is 6.92 Å². The number of aryl methyl sites for hydroxylation is 1. The predicted octanol–water partition coefficient (Wildman–Crippen LogP) is 3.07. The van der Waals surface area contributed by atoms with Gasteiger partial charge >= 0.3 is 0 Å². The fourth-order valence-electron chi connectivity index (χ4n) is 1.85. The minimum absolute atomic E-state index is 0.248. The van der Waals surface area contributed by atoms with Gasteiger partial charge in [0.1, 0.15) is 23.3 Å². The molecule has 1 aromatic heterocycles. The van der Waals surface area contributed by atoms with Crippen molar-refractivity contribution < 1.29 is 4.39 Å². The number of halogens is 1. The first kappa shape index (κ1) is 14.7. The summed E-state index contributed by atoms with van der Waals surface area (Å²) in [5, 5.41) is 11.7. The van der Waals surface area contributed by atoms with E-state index in [9.17, 15) is 4.39 Å². The molecular formula is C15H16FN5. The molecule has 1 aromatic carbocycles. The minimum atomic E-state index is -0.511. The van der Waals surface area contributed by atoms with Gasteiger partial charge in [-0.05, 0) is 31.5 Å². The minimum Gasteiger partial charge on any atom is -0.383 e. The van der Waals surface area contributed by atoms with Crippen LogP contribution in [0.1, 0.15) is 30.3 Å². The van der Waals surface area contributed by atoms with E-state index in [2.05, 4.69) is 15.3 Å². The molecule has 0 aliphatic carbocycles. The summed E-state index contributed by atoms with van der Waals surface area (Å²) in [7, 11) is 0. The maximum atomic E-state index is 13.9. The Kier molecular flexibility index (Phi) is 4.33. The highest BCUT2D eigenvalue weighted by Gasteiger charge is 2.11. The second kappa shape index (κ2) is 6.18. The van der Waals surface area contributed by atoms with Crippen LogP contribution in [0.2, 0.25) is 0 Å². The van der Waals surface area contributed by atoms with Crippen LogP contribution in [0.5, 0.6) is 0 Å². The molecule has 108 valence electrons. The number of nitrogen functional groups attached to an aromatic ring is 1. The van der Waals surface area contributed by atoms with Gasteiger partial charge in [0.2, 0.25) is 0 Å². The number of rotatable bonds is 4. The van der Waals surface area contributed by atoms with Gasteiger partial charge in [0.05, 0.1) is 17.3 Å². The van der Waals surface area contributed by atoms with Crippen molar-refractivity contribution in [2.24, 2.45) is 0 Å².